The molecule has 1 fully saturated rings. The fourth-order valence-electron chi connectivity index (χ4n) is 4.11. The molecule has 7 nitrogen and oxygen atoms in total. The zero-order valence-corrected chi connectivity index (χ0v) is 19.0. The van der Waals surface area contributed by atoms with Crippen LogP contribution >= 0.6 is 0 Å². The average Bonchev–Trinajstić information content (AvgIpc) is 3.30. The molecule has 0 unspecified atom stereocenters. The lowest BCUT2D eigenvalue weighted by Gasteiger charge is -2.36. The highest BCUT2D eigenvalue weighted by molar-refractivity contribution is 5.93. The Hall–Kier alpha value is -3.03. The maximum absolute atomic E-state index is 12.5. The van der Waals surface area contributed by atoms with Gasteiger partial charge >= 0.3 is 0 Å². The highest BCUT2D eigenvalue weighted by Gasteiger charge is 2.26. The Kier molecular flexibility index (Phi) is 6.97. The summed E-state index contributed by atoms with van der Waals surface area (Å²) in [7, 11) is 0. The molecule has 32 heavy (non-hydrogen) atoms. The summed E-state index contributed by atoms with van der Waals surface area (Å²) in [5, 5.41) is 11.6. The van der Waals surface area contributed by atoms with Gasteiger partial charge in [-0.15, -0.1) is 10.2 Å². The normalized spacial score (nSPS) is 16.1. The van der Waals surface area contributed by atoms with E-state index in [1.807, 2.05) is 49.4 Å². The van der Waals surface area contributed by atoms with Crippen LogP contribution in [0.4, 0.5) is 5.69 Å². The Bertz CT molecular complexity index is 1060. The number of hydrogen-bond acceptors (Lipinski definition) is 6. The molecule has 1 atom stereocenters. The lowest BCUT2D eigenvalue weighted by molar-refractivity contribution is -0.117. The van der Waals surface area contributed by atoms with E-state index in [-0.39, 0.29) is 11.9 Å². The summed E-state index contributed by atoms with van der Waals surface area (Å²) in [5.74, 6) is 1.22. The summed E-state index contributed by atoms with van der Waals surface area (Å²) < 4.78 is 5.98. The molecule has 0 spiro atoms. The van der Waals surface area contributed by atoms with Gasteiger partial charge in [-0.2, -0.15) is 0 Å². The van der Waals surface area contributed by atoms with E-state index in [9.17, 15) is 4.79 Å². The summed E-state index contributed by atoms with van der Waals surface area (Å²) in [6, 6.07) is 16.1. The maximum Gasteiger partial charge on any atom is 0.247 e. The third kappa shape index (κ3) is 5.23. The number of rotatable bonds is 7. The molecule has 2 heterocycles. The Morgan fingerprint density at radius 2 is 1.88 bits per heavy atom. The standard InChI is InChI=1S/C25H31N5O2/c1-4-20-9-5-6-11-22(20)26-23(31)17-29-12-14-30(15-13-29)19(3)24-27-28-25(32-24)21-10-7-8-18(2)16-21/h5-11,16,19H,4,12-15,17H2,1-3H3,(H,26,31)/t19-/m0/s1. The highest BCUT2D eigenvalue weighted by Crippen LogP contribution is 2.25. The monoisotopic (exact) mass is 433 g/mol. The number of carbonyl (C=O) groups excluding carboxylic acids is 1. The van der Waals surface area contributed by atoms with Crippen LogP contribution in [0, 0.1) is 6.92 Å². The van der Waals surface area contributed by atoms with Crippen molar-refractivity contribution in [2.75, 3.05) is 38.0 Å². The number of aromatic nitrogens is 2. The van der Waals surface area contributed by atoms with Crippen LogP contribution in [0.2, 0.25) is 0 Å². The van der Waals surface area contributed by atoms with Crippen molar-refractivity contribution in [2.45, 2.75) is 33.2 Å². The highest BCUT2D eigenvalue weighted by atomic mass is 16.4. The van der Waals surface area contributed by atoms with Crippen LogP contribution in [0.1, 0.15) is 36.9 Å². The van der Waals surface area contributed by atoms with Crippen LogP contribution in [0.5, 0.6) is 0 Å². The summed E-state index contributed by atoms with van der Waals surface area (Å²) in [5.41, 5.74) is 4.17. The number of nitrogens with one attached hydrogen (secondary N) is 1. The molecule has 1 N–H and O–H groups in total. The van der Waals surface area contributed by atoms with Crippen molar-refractivity contribution in [2.24, 2.45) is 0 Å². The molecule has 0 radical (unpaired) electrons. The van der Waals surface area contributed by atoms with E-state index >= 15 is 0 Å². The molecule has 3 aromatic rings. The van der Waals surface area contributed by atoms with Crippen LogP contribution in [-0.4, -0.2) is 58.6 Å². The molecule has 1 aliphatic heterocycles. The van der Waals surface area contributed by atoms with Gasteiger partial charge in [-0.25, -0.2) is 0 Å². The van der Waals surface area contributed by atoms with Gasteiger partial charge in [0.15, 0.2) is 0 Å². The Balaban J connectivity index is 1.29. The van der Waals surface area contributed by atoms with Crippen LogP contribution in [0.15, 0.2) is 52.9 Å². The third-order valence-electron chi connectivity index (χ3n) is 6.06. The molecular weight excluding hydrogens is 402 g/mol. The molecule has 1 saturated heterocycles. The molecule has 0 bridgehead atoms. The number of amides is 1. The van der Waals surface area contributed by atoms with Crippen molar-refractivity contribution < 1.29 is 9.21 Å². The summed E-state index contributed by atoms with van der Waals surface area (Å²) in [6.45, 7) is 9.99. The summed E-state index contributed by atoms with van der Waals surface area (Å²) in [4.78, 5) is 17.1. The first-order chi connectivity index (χ1) is 15.5. The van der Waals surface area contributed by atoms with Crippen LogP contribution in [0.3, 0.4) is 0 Å². The van der Waals surface area contributed by atoms with Crippen LogP contribution in [0.25, 0.3) is 11.5 Å². The first-order valence-electron chi connectivity index (χ1n) is 11.3. The number of hydrogen-bond donors (Lipinski definition) is 1. The minimum atomic E-state index is 0.0343. The van der Waals surface area contributed by atoms with E-state index in [0.29, 0.717) is 18.3 Å². The van der Waals surface area contributed by atoms with E-state index in [0.717, 1.165) is 55.0 Å². The molecule has 7 heteroatoms. The Morgan fingerprint density at radius 3 is 2.62 bits per heavy atom. The second kappa shape index (κ2) is 10.1. The predicted molar refractivity (Wildman–Crippen MR) is 125 cm³/mol. The summed E-state index contributed by atoms with van der Waals surface area (Å²) >= 11 is 0. The quantitative estimate of drug-likeness (QED) is 0.609. The third-order valence-corrected chi connectivity index (χ3v) is 6.06. The van der Waals surface area contributed by atoms with Gasteiger partial charge in [0, 0.05) is 37.4 Å². The van der Waals surface area contributed by atoms with Gasteiger partial charge < -0.3 is 9.73 Å². The van der Waals surface area contributed by atoms with Crippen molar-refractivity contribution in [3.63, 3.8) is 0 Å². The number of piperazine rings is 1. The van der Waals surface area contributed by atoms with Gasteiger partial charge in [0.1, 0.15) is 0 Å². The van der Waals surface area contributed by atoms with E-state index in [1.54, 1.807) is 0 Å². The fraction of sp³-hybridized carbons (Fsp3) is 0.400. The molecule has 2 aromatic carbocycles. The van der Waals surface area contributed by atoms with E-state index < -0.39 is 0 Å². The van der Waals surface area contributed by atoms with Gasteiger partial charge in [-0.3, -0.25) is 14.6 Å². The number of aryl methyl sites for hydroxylation is 2. The topological polar surface area (TPSA) is 74.5 Å². The Labute approximate surface area is 189 Å². The van der Waals surface area contributed by atoms with Crippen molar-refractivity contribution in [1.29, 1.82) is 0 Å². The molecule has 0 saturated carbocycles. The number of benzene rings is 2. The molecule has 4 rings (SSSR count). The molecule has 168 valence electrons. The Morgan fingerprint density at radius 1 is 1.09 bits per heavy atom. The molecule has 1 amide bonds. The second-order valence-electron chi connectivity index (χ2n) is 8.36. The first kappa shape index (κ1) is 22.2. The molecule has 1 aromatic heterocycles. The first-order valence-corrected chi connectivity index (χ1v) is 11.3. The van der Waals surface area contributed by atoms with Crippen molar-refractivity contribution >= 4 is 11.6 Å². The van der Waals surface area contributed by atoms with Gasteiger partial charge in [-0.05, 0) is 44.0 Å². The molecule has 0 aliphatic carbocycles. The van der Waals surface area contributed by atoms with E-state index in [1.165, 1.54) is 0 Å². The van der Waals surface area contributed by atoms with Gasteiger partial charge in [0.05, 0.1) is 12.6 Å². The number of nitrogens with zero attached hydrogens (tertiary/aromatic N) is 4. The molecular formula is C25H31N5O2. The van der Waals surface area contributed by atoms with Crippen molar-refractivity contribution in [3.05, 3.63) is 65.5 Å². The summed E-state index contributed by atoms with van der Waals surface area (Å²) in [6.07, 6.45) is 0.897. The number of para-hydroxylation sites is 1. The zero-order valence-electron chi connectivity index (χ0n) is 19.0. The SMILES string of the molecule is CCc1ccccc1NC(=O)CN1CCN([C@@H](C)c2nnc(-c3cccc(C)c3)o2)CC1. The van der Waals surface area contributed by atoms with Crippen LogP contribution in [-0.2, 0) is 11.2 Å². The molecule has 1 aliphatic rings. The van der Waals surface area contributed by atoms with Gasteiger partial charge in [0.25, 0.3) is 0 Å². The van der Waals surface area contributed by atoms with E-state index in [4.69, 9.17) is 4.42 Å². The number of anilines is 1. The smallest absolute Gasteiger partial charge is 0.247 e. The minimum absolute atomic E-state index is 0.0343. The lowest BCUT2D eigenvalue weighted by atomic mass is 10.1. The van der Waals surface area contributed by atoms with E-state index in [2.05, 4.69) is 45.2 Å². The minimum Gasteiger partial charge on any atom is -0.419 e. The maximum atomic E-state index is 12.5. The lowest BCUT2D eigenvalue weighted by Crippen LogP contribution is -2.49. The average molecular weight is 434 g/mol. The fourth-order valence-corrected chi connectivity index (χ4v) is 4.11. The second-order valence-corrected chi connectivity index (χ2v) is 8.36. The van der Waals surface area contributed by atoms with Gasteiger partial charge in [-0.1, -0.05) is 42.8 Å². The van der Waals surface area contributed by atoms with Gasteiger partial charge in [0.2, 0.25) is 17.7 Å². The number of carbonyl (C=O) groups is 1. The zero-order chi connectivity index (χ0) is 22.5. The predicted octanol–water partition coefficient (Wildman–Crippen LogP) is 3.92. The van der Waals surface area contributed by atoms with Crippen molar-refractivity contribution in [3.8, 4) is 11.5 Å². The largest absolute Gasteiger partial charge is 0.419 e. The van der Waals surface area contributed by atoms with Crippen molar-refractivity contribution in [1.82, 2.24) is 20.0 Å². The van der Waals surface area contributed by atoms with Crippen LogP contribution < -0.4 is 5.32 Å².